The lowest BCUT2D eigenvalue weighted by Gasteiger charge is -2.08. The molecular weight excluding hydrogens is 246 g/mol. The van der Waals surface area contributed by atoms with E-state index in [2.05, 4.69) is 20.6 Å². The molecule has 0 radical (unpaired) electrons. The Balaban J connectivity index is 1.79. The number of nitrogen functional groups attached to an aromatic ring is 1. The summed E-state index contributed by atoms with van der Waals surface area (Å²) in [5.41, 5.74) is 5.67. The Morgan fingerprint density at radius 1 is 1.53 bits per heavy atom. The summed E-state index contributed by atoms with van der Waals surface area (Å²) in [6.45, 7) is 0.823. The van der Waals surface area contributed by atoms with Gasteiger partial charge in [-0.15, -0.1) is 0 Å². The summed E-state index contributed by atoms with van der Waals surface area (Å²) in [4.78, 5) is 19.8. The van der Waals surface area contributed by atoms with E-state index in [0.29, 0.717) is 43.1 Å². The van der Waals surface area contributed by atoms with E-state index < -0.39 is 0 Å². The van der Waals surface area contributed by atoms with Crippen LogP contribution in [0.1, 0.15) is 25.1 Å². The zero-order valence-electron chi connectivity index (χ0n) is 11.0. The van der Waals surface area contributed by atoms with Crippen LogP contribution in [0.4, 0.5) is 11.6 Å². The topological polar surface area (TPSA) is 102 Å². The molecular formula is C12H19N5O2. The van der Waals surface area contributed by atoms with Gasteiger partial charge in [0.15, 0.2) is 5.82 Å². The van der Waals surface area contributed by atoms with Crippen LogP contribution in [0.5, 0.6) is 0 Å². The molecule has 0 saturated heterocycles. The van der Waals surface area contributed by atoms with Crippen molar-refractivity contribution in [3.05, 3.63) is 11.9 Å². The molecule has 4 N–H and O–H groups in total. The van der Waals surface area contributed by atoms with Gasteiger partial charge in [0.1, 0.15) is 18.2 Å². The number of hydrogen-bond donors (Lipinski definition) is 3. The van der Waals surface area contributed by atoms with E-state index in [9.17, 15) is 4.79 Å². The van der Waals surface area contributed by atoms with Crippen LogP contribution in [-0.4, -0.2) is 35.6 Å². The normalized spacial score (nSPS) is 14.2. The highest BCUT2D eigenvalue weighted by molar-refractivity contribution is 5.77. The Morgan fingerprint density at radius 3 is 3.00 bits per heavy atom. The van der Waals surface area contributed by atoms with Crippen molar-refractivity contribution in [3.63, 3.8) is 0 Å². The SMILES string of the molecule is COCc1nc(N)cc(NCCC(=O)NC2CC2)n1. The van der Waals surface area contributed by atoms with Gasteiger partial charge in [0.2, 0.25) is 5.91 Å². The second-order valence-electron chi connectivity index (χ2n) is 4.55. The minimum absolute atomic E-state index is 0.0640. The van der Waals surface area contributed by atoms with Gasteiger partial charge in [0.25, 0.3) is 0 Å². The van der Waals surface area contributed by atoms with E-state index in [1.165, 1.54) is 0 Å². The number of carbonyl (C=O) groups excluding carboxylic acids is 1. The predicted octanol–water partition coefficient (Wildman–Crippen LogP) is 0.286. The van der Waals surface area contributed by atoms with Gasteiger partial charge in [0.05, 0.1) is 0 Å². The number of methoxy groups -OCH3 is 1. The summed E-state index contributed by atoms with van der Waals surface area (Å²) in [7, 11) is 1.57. The molecule has 0 atom stereocenters. The van der Waals surface area contributed by atoms with Crippen molar-refractivity contribution in [1.29, 1.82) is 0 Å². The van der Waals surface area contributed by atoms with Crippen molar-refractivity contribution in [2.45, 2.75) is 31.9 Å². The number of aromatic nitrogens is 2. The van der Waals surface area contributed by atoms with Crippen LogP contribution in [0.2, 0.25) is 0 Å². The lowest BCUT2D eigenvalue weighted by Crippen LogP contribution is -2.27. The second-order valence-corrected chi connectivity index (χ2v) is 4.55. The summed E-state index contributed by atoms with van der Waals surface area (Å²) >= 11 is 0. The molecule has 0 aliphatic heterocycles. The van der Waals surface area contributed by atoms with Gasteiger partial charge in [-0.1, -0.05) is 0 Å². The Kier molecular flexibility index (Phi) is 4.51. The third kappa shape index (κ3) is 4.70. The number of carbonyl (C=O) groups is 1. The first kappa shape index (κ1) is 13.5. The number of rotatable bonds is 7. The van der Waals surface area contributed by atoms with Gasteiger partial charge < -0.3 is 21.1 Å². The Hall–Kier alpha value is -1.89. The zero-order valence-corrected chi connectivity index (χ0v) is 11.0. The number of anilines is 2. The Bertz CT molecular complexity index is 448. The molecule has 0 unspecified atom stereocenters. The predicted molar refractivity (Wildman–Crippen MR) is 71.4 cm³/mol. The first-order valence-electron chi connectivity index (χ1n) is 6.33. The average molecular weight is 265 g/mol. The van der Waals surface area contributed by atoms with Crippen LogP contribution in [0, 0.1) is 0 Å². The maximum Gasteiger partial charge on any atom is 0.221 e. The van der Waals surface area contributed by atoms with E-state index in [0.717, 1.165) is 12.8 Å². The van der Waals surface area contributed by atoms with Crippen molar-refractivity contribution < 1.29 is 9.53 Å². The average Bonchev–Trinajstić information content (AvgIpc) is 3.12. The molecule has 1 saturated carbocycles. The van der Waals surface area contributed by atoms with Crippen molar-refractivity contribution in [1.82, 2.24) is 15.3 Å². The quantitative estimate of drug-likeness (QED) is 0.654. The smallest absolute Gasteiger partial charge is 0.221 e. The Morgan fingerprint density at radius 2 is 2.32 bits per heavy atom. The lowest BCUT2D eigenvalue weighted by atomic mass is 10.4. The van der Waals surface area contributed by atoms with E-state index in [4.69, 9.17) is 10.5 Å². The molecule has 1 aliphatic carbocycles. The molecule has 1 fully saturated rings. The number of nitrogens with zero attached hydrogens (tertiary/aromatic N) is 2. The molecule has 0 spiro atoms. The fourth-order valence-electron chi connectivity index (χ4n) is 1.63. The Labute approximate surface area is 111 Å². The molecule has 2 rings (SSSR count). The summed E-state index contributed by atoms with van der Waals surface area (Å²) in [5.74, 6) is 1.58. The van der Waals surface area contributed by atoms with Crippen LogP contribution in [0.3, 0.4) is 0 Å². The minimum atomic E-state index is 0.0640. The molecule has 0 bridgehead atoms. The van der Waals surface area contributed by atoms with Crippen LogP contribution in [0.25, 0.3) is 0 Å². The maximum absolute atomic E-state index is 11.5. The third-order valence-electron chi connectivity index (χ3n) is 2.67. The van der Waals surface area contributed by atoms with E-state index in [-0.39, 0.29) is 5.91 Å². The zero-order chi connectivity index (χ0) is 13.7. The summed E-state index contributed by atoms with van der Waals surface area (Å²) < 4.78 is 4.96. The van der Waals surface area contributed by atoms with Crippen molar-refractivity contribution in [3.8, 4) is 0 Å². The maximum atomic E-state index is 11.5. The van der Waals surface area contributed by atoms with E-state index >= 15 is 0 Å². The summed E-state index contributed by atoms with van der Waals surface area (Å²) in [6.07, 6.45) is 2.62. The van der Waals surface area contributed by atoms with Crippen molar-refractivity contribution in [2.75, 3.05) is 24.7 Å². The van der Waals surface area contributed by atoms with E-state index in [1.807, 2.05) is 0 Å². The molecule has 104 valence electrons. The number of amides is 1. The molecule has 1 amide bonds. The highest BCUT2D eigenvalue weighted by Crippen LogP contribution is 2.18. The fraction of sp³-hybridized carbons (Fsp3) is 0.583. The summed E-state index contributed by atoms with van der Waals surface area (Å²) in [6, 6.07) is 2.04. The van der Waals surface area contributed by atoms with E-state index in [1.54, 1.807) is 13.2 Å². The lowest BCUT2D eigenvalue weighted by molar-refractivity contribution is -0.120. The largest absolute Gasteiger partial charge is 0.384 e. The van der Waals surface area contributed by atoms with Crippen molar-refractivity contribution >= 4 is 17.5 Å². The summed E-state index contributed by atoms with van der Waals surface area (Å²) in [5, 5.41) is 5.99. The molecule has 1 heterocycles. The van der Waals surface area contributed by atoms with Crippen molar-refractivity contribution in [2.24, 2.45) is 0 Å². The first-order valence-corrected chi connectivity index (χ1v) is 6.33. The number of nitrogens with two attached hydrogens (primary N) is 1. The second kappa shape index (κ2) is 6.33. The molecule has 1 aromatic rings. The molecule has 0 aromatic carbocycles. The molecule has 1 aromatic heterocycles. The molecule has 19 heavy (non-hydrogen) atoms. The van der Waals surface area contributed by atoms with Gasteiger partial charge in [-0.05, 0) is 12.8 Å². The van der Waals surface area contributed by atoms with Gasteiger partial charge >= 0.3 is 0 Å². The first-order chi connectivity index (χ1) is 9.17. The number of hydrogen-bond acceptors (Lipinski definition) is 6. The minimum Gasteiger partial charge on any atom is -0.384 e. The molecule has 7 nitrogen and oxygen atoms in total. The van der Waals surface area contributed by atoms with Crippen LogP contribution in [0.15, 0.2) is 6.07 Å². The standard InChI is InChI=1S/C12H19N5O2/c1-19-7-11-16-9(13)6-10(17-11)14-5-4-12(18)15-8-2-3-8/h6,8H,2-5,7H2,1H3,(H,15,18)(H3,13,14,16,17). The van der Waals surface area contributed by atoms with Crippen LogP contribution < -0.4 is 16.4 Å². The van der Waals surface area contributed by atoms with Gasteiger partial charge in [-0.2, -0.15) is 0 Å². The molecule has 1 aliphatic rings. The van der Waals surface area contributed by atoms with Gasteiger partial charge in [-0.3, -0.25) is 4.79 Å². The number of nitrogens with one attached hydrogen (secondary N) is 2. The van der Waals surface area contributed by atoms with Gasteiger partial charge in [-0.25, -0.2) is 9.97 Å². The third-order valence-corrected chi connectivity index (χ3v) is 2.67. The highest BCUT2D eigenvalue weighted by atomic mass is 16.5. The van der Waals surface area contributed by atoms with Crippen LogP contribution in [-0.2, 0) is 16.1 Å². The van der Waals surface area contributed by atoms with Gasteiger partial charge in [0, 0.05) is 32.2 Å². The fourth-order valence-corrected chi connectivity index (χ4v) is 1.63. The number of ether oxygens (including phenoxy) is 1. The monoisotopic (exact) mass is 265 g/mol. The highest BCUT2D eigenvalue weighted by Gasteiger charge is 2.22. The molecule has 7 heteroatoms. The van der Waals surface area contributed by atoms with Crippen LogP contribution >= 0.6 is 0 Å².